The highest BCUT2D eigenvalue weighted by Gasteiger charge is 2.51. The third kappa shape index (κ3) is 7.37. The average Bonchev–Trinajstić information content (AvgIpc) is 3.51. The zero-order chi connectivity index (χ0) is 29.2. The fourth-order valence-corrected chi connectivity index (χ4v) is 19.7. The van der Waals surface area contributed by atoms with Crippen LogP contribution in [-0.2, 0) is 13.6 Å². The molecule has 0 radical (unpaired) electrons. The minimum Gasteiger partial charge on any atom is -0.416 e. The quantitative estimate of drug-likeness (QED) is 0.199. The van der Waals surface area contributed by atoms with Gasteiger partial charge in [-0.1, -0.05) is 96.9 Å². The van der Waals surface area contributed by atoms with E-state index >= 15 is 0 Å². The zero-order valence-electron chi connectivity index (χ0n) is 27.7. The Hall–Kier alpha value is 0.274. The lowest BCUT2D eigenvalue weighted by Gasteiger charge is -2.46. The Bertz CT molecular complexity index is 664. The minimum atomic E-state index is -1.98. The summed E-state index contributed by atoms with van der Waals surface area (Å²) in [4.78, 5) is 0. The third-order valence-corrected chi connectivity index (χ3v) is 23.0. The van der Waals surface area contributed by atoms with Crippen LogP contribution in [-0.4, -0.2) is 52.8 Å². The molecule has 0 spiro atoms. The molecule has 0 amide bonds. The molecule has 1 aliphatic heterocycles. The molecule has 2 aliphatic rings. The summed E-state index contributed by atoms with van der Waals surface area (Å²) in [6.45, 7) is 33.6. The van der Waals surface area contributed by atoms with Crippen molar-refractivity contribution in [3.63, 3.8) is 0 Å². The van der Waals surface area contributed by atoms with Crippen molar-refractivity contribution < 1.29 is 18.7 Å². The highest BCUT2D eigenvalue weighted by Crippen LogP contribution is 2.50. The van der Waals surface area contributed by atoms with Crippen LogP contribution >= 0.6 is 0 Å². The van der Waals surface area contributed by atoms with Gasteiger partial charge in [-0.15, -0.1) is 0 Å². The first kappa shape index (κ1) is 34.5. The largest absolute Gasteiger partial charge is 0.416 e. The topological polar surface area (TPSA) is 47.9 Å². The monoisotopic (exact) mass is 570 g/mol. The molecular formula is C32H66O4Si2. The van der Waals surface area contributed by atoms with E-state index < -0.39 is 16.6 Å². The summed E-state index contributed by atoms with van der Waals surface area (Å²) in [5.41, 5.74) is 3.47. The molecular weight excluding hydrogens is 505 g/mol. The number of aliphatic hydroxyl groups is 1. The maximum atomic E-state index is 11.1. The van der Waals surface area contributed by atoms with Gasteiger partial charge in [-0.2, -0.15) is 0 Å². The first-order valence-electron chi connectivity index (χ1n) is 16.2. The molecule has 1 N–H and O–H groups in total. The van der Waals surface area contributed by atoms with Crippen molar-refractivity contribution >= 4 is 16.6 Å². The maximum absolute atomic E-state index is 11.1. The number of hydrogen-bond donors (Lipinski definition) is 1. The Morgan fingerprint density at radius 1 is 0.737 bits per heavy atom. The van der Waals surface area contributed by atoms with Gasteiger partial charge in [-0.05, 0) is 70.8 Å². The fraction of sp³-hybridized carbons (Fsp3) is 1.00. The molecule has 1 saturated heterocycles. The molecule has 0 unspecified atom stereocenters. The van der Waals surface area contributed by atoms with E-state index in [1.165, 1.54) is 6.42 Å². The van der Waals surface area contributed by atoms with Gasteiger partial charge in [0.05, 0.1) is 24.4 Å². The van der Waals surface area contributed by atoms with Crippen molar-refractivity contribution in [2.24, 2.45) is 17.8 Å². The number of aliphatic hydroxyl groups excluding tert-OH is 1. The fourth-order valence-electron chi connectivity index (χ4n) is 8.60. The lowest BCUT2D eigenvalue weighted by atomic mass is 9.87. The Balaban J connectivity index is 2.16. The first-order chi connectivity index (χ1) is 17.5. The molecule has 0 aromatic carbocycles. The van der Waals surface area contributed by atoms with Gasteiger partial charge in [0.1, 0.15) is 0 Å². The van der Waals surface area contributed by atoms with Gasteiger partial charge in [0.2, 0.25) is 8.32 Å². The van der Waals surface area contributed by atoms with Crippen LogP contribution in [0.5, 0.6) is 0 Å². The highest BCUT2D eigenvalue weighted by atomic mass is 28.4. The van der Waals surface area contributed by atoms with Crippen molar-refractivity contribution in [2.45, 2.75) is 180 Å². The molecule has 38 heavy (non-hydrogen) atoms. The third-order valence-electron chi connectivity index (χ3n) is 10.7. The minimum absolute atomic E-state index is 0.0431. The molecule has 226 valence electrons. The van der Waals surface area contributed by atoms with Crippen molar-refractivity contribution in [3.8, 4) is 0 Å². The molecule has 0 aromatic rings. The summed E-state index contributed by atoms with van der Waals surface area (Å²) >= 11 is 0. The van der Waals surface area contributed by atoms with E-state index in [1.807, 2.05) is 0 Å². The lowest BCUT2D eigenvalue weighted by molar-refractivity contribution is -0.145. The van der Waals surface area contributed by atoms with Crippen LogP contribution in [0, 0.1) is 17.8 Å². The second kappa shape index (κ2) is 14.0. The summed E-state index contributed by atoms with van der Waals surface area (Å²) in [6.07, 6.45) is 3.80. The van der Waals surface area contributed by atoms with Crippen molar-refractivity contribution in [3.05, 3.63) is 0 Å². The van der Waals surface area contributed by atoms with Crippen LogP contribution in [0.15, 0.2) is 0 Å². The number of hydrogen-bond acceptors (Lipinski definition) is 4. The van der Waals surface area contributed by atoms with Gasteiger partial charge in [0.25, 0.3) is 0 Å². The van der Waals surface area contributed by atoms with E-state index in [-0.39, 0.29) is 30.3 Å². The van der Waals surface area contributed by atoms with Crippen molar-refractivity contribution in [1.82, 2.24) is 0 Å². The Morgan fingerprint density at radius 2 is 1.18 bits per heavy atom. The molecule has 1 aliphatic carbocycles. The van der Waals surface area contributed by atoms with Crippen LogP contribution in [0.4, 0.5) is 0 Å². The highest BCUT2D eigenvalue weighted by molar-refractivity contribution is 6.78. The number of rotatable bonds is 15. The van der Waals surface area contributed by atoms with E-state index in [1.54, 1.807) is 0 Å². The first-order valence-corrected chi connectivity index (χ1v) is 20.4. The van der Waals surface area contributed by atoms with Gasteiger partial charge in [-0.3, -0.25) is 0 Å². The van der Waals surface area contributed by atoms with Crippen LogP contribution < -0.4 is 0 Å². The molecule has 2 fully saturated rings. The molecule has 1 saturated carbocycles. The summed E-state index contributed by atoms with van der Waals surface area (Å²) in [5, 5.41) is 11.1. The van der Waals surface area contributed by atoms with Crippen molar-refractivity contribution in [2.75, 3.05) is 6.61 Å². The van der Waals surface area contributed by atoms with Gasteiger partial charge in [0.15, 0.2) is 8.32 Å². The van der Waals surface area contributed by atoms with Gasteiger partial charge >= 0.3 is 0 Å². The molecule has 0 aromatic heterocycles. The van der Waals surface area contributed by atoms with E-state index in [0.717, 1.165) is 31.8 Å². The molecule has 0 bridgehead atoms. The van der Waals surface area contributed by atoms with Crippen LogP contribution in [0.25, 0.3) is 0 Å². The molecule has 2 rings (SSSR count). The maximum Gasteiger partial charge on any atom is 0.200 e. The lowest BCUT2D eigenvalue weighted by Crippen LogP contribution is -2.52. The van der Waals surface area contributed by atoms with Crippen molar-refractivity contribution in [1.29, 1.82) is 0 Å². The van der Waals surface area contributed by atoms with Gasteiger partial charge < -0.3 is 18.7 Å². The number of ether oxygens (including phenoxy) is 1. The normalized spacial score (nSPS) is 29.9. The van der Waals surface area contributed by atoms with E-state index in [2.05, 4.69) is 96.9 Å². The second-order valence-corrected chi connectivity index (χ2v) is 25.9. The van der Waals surface area contributed by atoms with E-state index in [9.17, 15) is 5.11 Å². The predicted octanol–water partition coefficient (Wildman–Crippen LogP) is 9.33. The Labute approximate surface area is 239 Å². The standard InChI is InChI=1S/C32H66O4Si2/c1-20(2)37(21(3)4,22(5)6)34-16-15-31-27(14)30(33)18-28(35-31)19-32(29-17-26(29)13)36-38(23(7)8,24(9)10)25(11)12/h20-33H,15-19H2,1-14H3/t26-,27-,28+,29-,30+,31+,32+/m1/s1. The predicted molar refractivity (Wildman–Crippen MR) is 168 cm³/mol. The van der Waals surface area contributed by atoms with E-state index in [4.69, 9.17) is 13.6 Å². The molecule has 1 heterocycles. The van der Waals surface area contributed by atoms with E-state index in [0.29, 0.717) is 39.2 Å². The summed E-state index contributed by atoms with van der Waals surface area (Å²) < 4.78 is 21.1. The zero-order valence-corrected chi connectivity index (χ0v) is 29.7. The van der Waals surface area contributed by atoms with Crippen LogP contribution in [0.2, 0.25) is 33.2 Å². The Morgan fingerprint density at radius 3 is 1.58 bits per heavy atom. The Kier molecular flexibility index (Phi) is 12.7. The van der Waals surface area contributed by atoms with Crippen LogP contribution in [0.1, 0.15) is 123 Å². The molecule has 4 nitrogen and oxygen atoms in total. The average molecular weight is 571 g/mol. The smallest absolute Gasteiger partial charge is 0.200 e. The second-order valence-electron chi connectivity index (χ2n) is 15.0. The summed E-state index contributed by atoms with van der Waals surface area (Å²) in [7, 11) is -3.88. The molecule has 7 atom stereocenters. The summed E-state index contributed by atoms with van der Waals surface area (Å²) in [6, 6.07) is 0. The van der Waals surface area contributed by atoms with Gasteiger partial charge in [-0.25, -0.2) is 0 Å². The summed E-state index contributed by atoms with van der Waals surface area (Å²) in [5.74, 6) is 1.50. The SMILES string of the molecule is CC(C)[Si](OCC[C@@H]1O[C@H](C[C@H](O[Si](C(C)C)(C(C)C)C(C)C)[C@@H]2C[C@H]2C)C[C@H](O)[C@H]1C)(C(C)C)C(C)C. The van der Waals surface area contributed by atoms with Crippen LogP contribution in [0.3, 0.4) is 0 Å². The van der Waals surface area contributed by atoms with Gasteiger partial charge in [0, 0.05) is 12.5 Å². The molecule has 6 heteroatoms.